The Labute approximate surface area is 102 Å². The second-order valence-electron chi connectivity index (χ2n) is 4.85. The summed E-state index contributed by atoms with van der Waals surface area (Å²) >= 11 is 0. The van der Waals surface area contributed by atoms with Crippen molar-refractivity contribution in [2.24, 2.45) is 0 Å². The van der Waals surface area contributed by atoms with E-state index in [0.717, 1.165) is 25.0 Å². The Balaban J connectivity index is 1.94. The fourth-order valence-corrected chi connectivity index (χ4v) is 2.38. The van der Waals surface area contributed by atoms with Gasteiger partial charge in [-0.1, -0.05) is 12.1 Å². The molecule has 0 radical (unpaired) electrons. The van der Waals surface area contributed by atoms with Crippen LogP contribution in [-0.2, 0) is 4.74 Å². The number of rotatable bonds is 3. The van der Waals surface area contributed by atoms with Crippen LogP contribution in [-0.4, -0.2) is 18.8 Å². The van der Waals surface area contributed by atoms with E-state index in [2.05, 4.69) is 19.2 Å². The highest BCUT2D eigenvalue weighted by atomic mass is 19.1. The van der Waals surface area contributed by atoms with Crippen LogP contribution in [0, 0.1) is 5.82 Å². The fraction of sp³-hybridized carbons (Fsp3) is 0.571. The minimum Gasteiger partial charge on any atom is -0.378 e. The third-order valence-electron chi connectivity index (χ3n) is 3.32. The van der Waals surface area contributed by atoms with Gasteiger partial charge in [0.15, 0.2) is 0 Å². The number of hydrogen-bond donors (Lipinski definition) is 1. The van der Waals surface area contributed by atoms with Crippen LogP contribution in [0.2, 0.25) is 0 Å². The van der Waals surface area contributed by atoms with Crippen molar-refractivity contribution in [2.75, 3.05) is 6.61 Å². The van der Waals surface area contributed by atoms with Crippen LogP contribution in [0.25, 0.3) is 0 Å². The smallest absolute Gasteiger partial charge is 0.123 e. The molecule has 1 aliphatic rings. The molecule has 94 valence electrons. The van der Waals surface area contributed by atoms with Gasteiger partial charge < -0.3 is 10.1 Å². The van der Waals surface area contributed by atoms with Crippen molar-refractivity contribution in [1.29, 1.82) is 0 Å². The summed E-state index contributed by atoms with van der Waals surface area (Å²) in [7, 11) is 0. The van der Waals surface area contributed by atoms with Gasteiger partial charge in [0.05, 0.1) is 6.10 Å². The average molecular weight is 237 g/mol. The van der Waals surface area contributed by atoms with Gasteiger partial charge in [-0.2, -0.15) is 0 Å². The fourth-order valence-electron chi connectivity index (χ4n) is 2.38. The van der Waals surface area contributed by atoms with Crippen LogP contribution in [0.4, 0.5) is 4.39 Å². The molecule has 0 aliphatic carbocycles. The number of ether oxygens (including phenoxy) is 1. The Morgan fingerprint density at radius 1 is 1.47 bits per heavy atom. The Kier molecular flexibility index (Phi) is 4.13. The van der Waals surface area contributed by atoms with E-state index < -0.39 is 0 Å². The summed E-state index contributed by atoms with van der Waals surface area (Å²) in [4.78, 5) is 0. The van der Waals surface area contributed by atoms with Crippen LogP contribution >= 0.6 is 0 Å². The van der Waals surface area contributed by atoms with Gasteiger partial charge in [0.2, 0.25) is 0 Å². The minimum absolute atomic E-state index is 0.170. The van der Waals surface area contributed by atoms with Crippen LogP contribution in [0.15, 0.2) is 24.3 Å². The second-order valence-corrected chi connectivity index (χ2v) is 4.85. The van der Waals surface area contributed by atoms with E-state index in [-0.39, 0.29) is 11.9 Å². The molecule has 1 aromatic carbocycles. The van der Waals surface area contributed by atoms with Crippen molar-refractivity contribution >= 4 is 0 Å². The van der Waals surface area contributed by atoms with Crippen molar-refractivity contribution in [1.82, 2.24) is 5.32 Å². The van der Waals surface area contributed by atoms with E-state index in [0.29, 0.717) is 12.1 Å². The maximum atomic E-state index is 13.1. The van der Waals surface area contributed by atoms with Crippen molar-refractivity contribution in [3.63, 3.8) is 0 Å². The van der Waals surface area contributed by atoms with E-state index in [4.69, 9.17) is 4.74 Å². The zero-order valence-corrected chi connectivity index (χ0v) is 10.4. The molecule has 3 unspecified atom stereocenters. The van der Waals surface area contributed by atoms with Gasteiger partial charge >= 0.3 is 0 Å². The molecule has 17 heavy (non-hydrogen) atoms. The summed E-state index contributed by atoms with van der Waals surface area (Å²) in [6.07, 6.45) is 2.38. The van der Waals surface area contributed by atoms with Gasteiger partial charge in [0, 0.05) is 18.7 Å². The van der Waals surface area contributed by atoms with Gasteiger partial charge in [-0.25, -0.2) is 4.39 Å². The normalized spacial score (nSPS) is 26.8. The molecule has 0 bridgehead atoms. The quantitative estimate of drug-likeness (QED) is 0.872. The maximum Gasteiger partial charge on any atom is 0.123 e. The van der Waals surface area contributed by atoms with Gasteiger partial charge in [-0.3, -0.25) is 0 Å². The van der Waals surface area contributed by atoms with Crippen molar-refractivity contribution in [2.45, 2.75) is 44.9 Å². The number of halogens is 1. The van der Waals surface area contributed by atoms with E-state index in [9.17, 15) is 4.39 Å². The van der Waals surface area contributed by atoms with Gasteiger partial charge in [0.25, 0.3) is 0 Å². The summed E-state index contributed by atoms with van der Waals surface area (Å²) in [5.41, 5.74) is 1.00. The predicted molar refractivity (Wildman–Crippen MR) is 66.4 cm³/mol. The molecule has 1 heterocycles. The second kappa shape index (κ2) is 5.61. The zero-order valence-electron chi connectivity index (χ0n) is 10.4. The Morgan fingerprint density at radius 2 is 2.29 bits per heavy atom. The first-order valence-electron chi connectivity index (χ1n) is 6.28. The van der Waals surface area contributed by atoms with E-state index in [1.165, 1.54) is 6.07 Å². The monoisotopic (exact) mass is 237 g/mol. The number of hydrogen-bond acceptors (Lipinski definition) is 2. The number of benzene rings is 1. The first-order valence-corrected chi connectivity index (χ1v) is 6.28. The summed E-state index contributed by atoms with van der Waals surface area (Å²) in [5, 5.41) is 3.55. The lowest BCUT2D eigenvalue weighted by Crippen LogP contribution is -2.39. The minimum atomic E-state index is -0.170. The summed E-state index contributed by atoms with van der Waals surface area (Å²) in [5.74, 6) is -0.170. The Morgan fingerprint density at radius 3 is 3.00 bits per heavy atom. The van der Waals surface area contributed by atoms with Crippen LogP contribution in [0.3, 0.4) is 0 Å². The molecule has 1 aromatic rings. The van der Waals surface area contributed by atoms with Crippen molar-refractivity contribution in [3.8, 4) is 0 Å². The molecule has 0 spiro atoms. The molecule has 0 amide bonds. The van der Waals surface area contributed by atoms with Gasteiger partial charge in [-0.15, -0.1) is 0 Å². The van der Waals surface area contributed by atoms with Gasteiger partial charge in [0.1, 0.15) is 5.82 Å². The molecule has 1 saturated heterocycles. The molecule has 2 rings (SSSR count). The van der Waals surface area contributed by atoms with Crippen LogP contribution in [0.5, 0.6) is 0 Å². The van der Waals surface area contributed by atoms with E-state index in [1.54, 1.807) is 12.1 Å². The first kappa shape index (κ1) is 12.5. The molecule has 1 N–H and O–H groups in total. The average Bonchev–Trinajstić information content (AvgIpc) is 2.29. The Hall–Kier alpha value is -0.930. The summed E-state index contributed by atoms with van der Waals surface area (Å²) < 4.78 is 18.6. The largest absolute Gasteiger partial charge is 0.378 e. The highest BCUT2D eigenvalue weighted by Gasteiger charge is 2.21. The lowest BCUT2D eigenvalue weighted by atomic mass is 10.0. The highest BCUT2D eigenvalue weighted by molar-refractivity contribution is 5.19. The predicted octanol–water partition coefficient (Wildman–Crippen LogP) is 3.04. The summed E-state index contributed by atoms with van der Waals surface area (Å²) in [6.45, 7) is 4.99. The van der Waals surface area contributed by atoms with Crippen molar-refractivity contribution in [3.05, 3.63) is 35.6 Å². The zero-order chi connectivity index (χ0) is 12.3. The first-order chi connectivity index (χ1) is 8.15. The number of nitrogens with one attached hydrogen (secondary N) is 1. The lowest BCUT2D eigenvalue weighted by molar-refractivity contribution is 0.0116. The third kappa shape index (κ3) is 3.51. The molecule has 1 fully saturated rings. The van der Waals surface area contributed by atoms with E-state index in [1.807, 2.05) is 6.07 Å². The molecule has 1 aliphatic heterocycles. The molecule has 0 saturated carbocycles. The Bertz CT molecular complexity index is 369. The van der Waals surface area contributed by atoms with Crippen molar-refractivity contribution < 1.29 is 9.13 Å². The molecule has 3 atom stereocenters. The molecular formula is C14H20FNO. The molecule has 3 heteroatoms. The van der Waals surface area contributed by atoms with Crippen LogP contribution in [0.1, 0.15) is 38.3 Å². The highest BCUT2D eigenvalue weighted by Crippen LogP contribution is 2.19. The third-order valence-corrected chi connectivity index (χ3v) is 3.32. The summed E-state index contributed by atoms with van der Waals surface area (Å²) in [6, 6.07) is 7.45. The SMILES string of the molecule is CC1CC(NC(C)c2cccc(F)c2)CCO1. The maximum absolute atomic E-state index is 13.1. The molecule has 0 aromatic heterocycles. The van der Waals surface area contributed by atoms with Crippen LogP contribution < -0.4 is 5.32 Å². The van der Waals surface area contributed by atoms with E-state index >= 15 is 0 Å². The molecule has 2 nitrogen and oxygen atoms in total. The standard InChI is InChI=1S/C14H20FNO/c1-10-8-14(6-7-17-10)16-11(2)12-4-3-5-13(15)9-12/h3-5,9-11,14,16H,6-8H2,1-2H3. The lowest BCUT2D eigenvalue weighted by Gasteiger charge is -2.30. The van der Waals surface area contributed by atoms with Gasteiger partial charge in [-0.05, 0) is 44.4 Å². The molecular weight excluding hydrogens is 217 g/mol. The topological polar surface area (TPSA) is 21.3 Å².